The molecule has 5 nitrogen and oxygen atoms in total. The summed E-state index contributed by atoms with van der Waals surface area (Å²) in [5, 5.41) is 4.51. The number of aromatic nitrogens is 2. The van der Waals surface area contributed by atoms with E-state index in [0.717, 1.165) is 32.4 Å². The highest BCUT2D eigenvalue weighted by Gasteiger charge is 2.37. The number of amides is 1. The number of nitrogens with two attached hydrogens (primary N) is 1. The van der Waals surface area contributed by atoms with Crippen LogP contribution in [0.25, 0.3) is 0 Å². The van der Waals surface area contributed by atoms with Crippen LogP contribution in [0.15, 0.2) is 6.20 Å². The predicted octanol–water partition coefficient (Wildman–Crippen LogP) is 1.30. The number of nitrogen functional groups attached to an aromatic ring is 1. The third-order valence-electron chi connectivity index (χ3n) is 3.49. The molecule has 1 aromatic heterocycles. The maximum absolute atomic E-state index is 11.9. The highest BCUT2D eigenvalue weighted by Crippen LogP contribution is 2.34. The van der Waals surface area contributed by atoms with Crippen LogP contribution in [-0.4, -0.2) is 33.7 Å². The van der Waals surface area contributed by atoms with Gasteiger partial charge in [0.15, 0.2) is 5.15 Å². The van der Waals surface area contributed by atoms with E-state index in [1.54, 1.807) is 10.9 Å². The Kier molecular flexibility index (Phi) is 2.50. The second kappa shape index (κ2) is 3.91. The molecule has 1 aliphatic carbocycles. The number of carbonyl (C=O) groups excluding carboxylic acids is 1. The molecule has 3 rings (SSSR count). The lowest BCUT2D eigenvalue weighted by atomic mass is 10.3. The molecular formula is C11H15ClN4O. The van der Waals surface area contributed by atoms with Crippen LogP contribution >= 0.6 is 11.6 Å². The van der Waals surface area contributed by atoms with E-state index in [2.05, 4.69) is 5.10 Å². The minimum absolute atomic E-state index is 0.215. The van der Waals surface area contributed by atoms with Gasteiger partial charge in [0.1, 0.15) is 0 Å². The molecule has 1 saturated carbocycles. The summed E-state index contributed by atoms with van der Waals surface area (Å²) in [5.41, 5.74) is 6.16. The van der Waals surface area contributed by atoms with Gasteiger partial charge in [-0.05, 0) is 19.3 Å². The van der Waals surface area contributed by atoms with Crippen LogP contribution in [0.4, 0.5) is 5.69 Å². The van der Waals surface area contributed by atoms with Crippen molar-refractivity contribution in [2.24, 2.45) is 5.92 Å². The minimum atomic E-state index is 0.215. The van der Waals surface area contributed by atoms with Gasteiger partial charge in [0.25, 0.3) is 0 Å². The summed E-state index contributed by atoms with van der Waals surface area (Å²) in [6, 6.07) is 0.215. The first-order valence-corrected chi connectivity index (χ1v) is 6.32. The molecule has 92 valence electrons. The van der Waals surface area contributed by atoms with Gasteiger partial charge >= 0.3 is 0 Å². The SMILES string of the molecule is Nc1cn(C2CCN(C(=O)C3CC3)C2)nc1Cl. The van der Waals surface area contributed by atoms with Crippen LogP contribution in [0.3, 0.4) is 0 Å². The van der Waals surface area contributed by atoms with Gasteiger partial charge in [-0.2, -0.15) is 5.10 Å². The second-order valence-electron chi connectivity index (χ2n) is 4.86. The van der Waals surface area contributed by atoms with Crippen LogP contribution in [0, 0.1) is 5.92 Å². The second-order valence-corrected chi connectivity index (χ2v) is 5.21. The molecule has 17 heavy (non-hydrogen) atoms. The molecule has 2 fully saturated rings. The summed E-state index contributed by atoms with van der Waals surface area (Å²) in [6.07, 6.45) is 4.79. The Balaban J connectivity index is 1.68. The quantitative estimate of drug-likeness (QED) is 0.865. The van der Waals surface area contributed by atoms with Crippen LogP contribution in [-0.2, 0) is 4.79 Å². The summed E-state index contributed by atoms with van der Waals surface area (Å²) in [7, 11) is 0. The molecule has 0 spiro atoms. The number of rotatable bonds is 2. The molecule has 0 radical (unpaired) electrons. The normalized spacial score (nSPS) is 24.3. The first kappa shape index (κ1) is 10.9. The number of halogens is 1. The van der Waals surface area contributed by atoms with E-state index in [1.807, 2.05) is 4.90 Å². The van der Waals surface area contributed by atoms with E-state index in [4.69, 9.17) is 17.3 Å². The molecular weight excluding hydrogens is 240 g/mol. The number of hydrogen-bond donors (Lipinski definition) is 1. The largest absolute Gasteiger partial charge is 0.395 e. The fourth-order valence-corrected chi connectivity index (χ4v) is 2.45. The van der Waals surface area contributed by atoms with Gasteiger partial charge in [0, 0.05) is 25.2 Å². The van der Waals surface area contributed by atoms with Crippen LogP contribution < -0.4 is 5.73 Å². The molecule has 2 heterocycles. The van der Waals surface area contributed by atoms with E-state index < -0.39 is 0 Å². The minimum Gasteiger partial charge on any atom is -0.395 e. The van der Waals surface area contributed by atoms with Gasteiger partial charge < -0.3 is 10.6 Å². The van der Waals surface area contributed by atoms with Gasteiger partial charge in [0.05, 0.1) is 11.7 Å². The average Bonchev–Trinajstić information content (AvgIpc) is 2.94. The summed E-state index contributed by atoms with van der Waals surface area (Å²) < 4.78 is 1.79. The Labute approximate surface area is 105 Å². The highest BCUT2D eigenvalue weighted by molar-refractivity contribution is 6.31. The lowest BCUT2D eigenvalue weighted by Crippen LogP contribution is -2.30. The topological polar surface area (TPSA) is 64.2 Å². The molecule has 1 amide bonds. The van der Waals surface area contributed by atoms with Crippen molar-refractivity contribution in [2.45, 2.75) is 25.3 Å². The lowest BCUT2D eigenvalue weighted by Gasteiger charge is -2.16. The van der Waals surface area contributed by atoms with Crippen LogP contribution in [0.1, 0.15) is 25.3 Å². The van der Waals surface area contributed by atoms with Gasteiger partial charge in [-0.25, -0.2) is 0 Å². The lowest BCUT2D eigenvalue weighted by molar-refractivity contribution is -0.131. The van der Waals surface area contributed by atoms with E-state index >= 15 is 0 Å². The molecule has 1 atom stereocenters. The molecule has 0 aromatic carbocycles. The van der Waals surface area contributed by atoms with E-state index in [0.29, 0.717) is 22.7 Å². The highest BCUT2D eigenvalue weighted by atomic mass is 35.5. The molecule has 6 heteroatoms. The zero-order chi connectivity index (χ0) is 12.0. The predicted molar refractivity (Wildman–Crippen MR) is 64.6 cm³/mol. The molecule has 1 aromatic rings. The molecule has 1 unspecified atom stereocenters. The van der Waals surface area contributed by atoms with Gasteiger partial charge in [-0.1, -0.05) is 11.6 Å². The molecule has 2 aliphatic rings. The van der Waals surface area contributed by atoms with Crippen molar-refractivity contribution in [2.75, 3.05) is 18.8 Å². The van der Waals surface area contributed by atoms with Crippen LogP contribution in [0.2, 0.25) is 5.15 Å². The van der Waals surface area contributed by atoms with Gasteiger partial charge in [-0.15, -0.1) is 0 Å². The maximum atomic E-state index is 11.9. The fraction of sp³-hybridized carbons (Fsp3) is 0.636. The Hall–Kier alpha value is -1.23. The number of anilines is 1. The summed E-state index contributed by atoms with van der Waals surface area (Å²) in [6.45, 7) is 1.55. The van der Waals surface area contributed by atoms with E-state index in [1.165, 1.54) is 0 Å². The third kappa shape index (κ3) is 1.99. The first-order valence-electron chi connectivity index (χ1n) is 5.94. The zero-order valence-electron chi connectivity index (χ0n) is 9.47. The monoisotopic (exact) mass is 254 g/mol. The van der Waals surface area contributed by atoms with Crippen molar-refractivity contribution in [1.82, 2.24) is 14.7 Å². The standard InChI is InChI=1S/C11H15ClN4O/c12-10-9(13)6-16(14-10)8-3-4-15(5-8)11(17)7-1-2-7/h6-8H,1-5,13H2. The average molecular weight is 255 g/mol. The van der Waals surface area contributed by atoms with Crippen molar-refractivity contribution >= 4 is 23.2 Å². The Bertz CT molecular complexity index is 435. The first-order chi connectivity index (χ1) is 8.15. The van der Waals surface area contributed by atoms with Gasteiger partial charge in [0.2, 0.25) is 5.91 Å². The van der Waals surface area contributed by atoms with Crippen molar-refractivity contribution in [3.8, 4) is 0 Å². The Morgan fingerprint density at radius 3 is 2.82 bits per heavy atom. The molecule has 0 bridgehead atoms. The van der Waals surface area contributed by atoms with Crippen molar-refractivity contribution in [1.29, 1.82) is 0 Å². The van der Waals surface area contributed by atoms with Crippen molar-refractivity contribution < 1.29 is 4.79 Å². The van der Waals surface area contributed by atoms with E-state index in [9.17, 15) is 4.79 Å². The number of likely N-dealkylation sites (tertiary alicyclic amines) is 1. The number of hydrogen-bond acceptors (Lipinski definition) is 3. The Morgan fingerprint density at radius 2 is 2.24 bits per heavy atom. The van der Waals surface area contributed by atoms with Crippen molar-refractivity contribution in [3.05, 3.63) is 11.3 Å². The third-order valence-corrected chi connectivity index (χ3v) is 3.78. The Morgan fingerprint density at radius 1 is 1.47 bits per heavy atom. The van der Waals surface area contributed by atoms with Gasteiger partial charge in [-0.3, -0.25) is 9.48 Å². The van der Waals surface area contributed by atoms with Crippen molar-refractivity contribution in [3.63, 3.8) is 0 Å². The van der Waals surface area contributed by atoms with Crippen LogP contribution in [0.5, 0.6) is 0 Å². The molecule has 2 N–H and O–H groups in total. The summed E-state index contributed by atoms with van der Waals surface area (Å²) in [4.78, 5) is 13.8. The maximum Gasteiger partial charge on any atom is 0.225 e. The zero-order valence-corrected chi connectivity index (χ0v) is 10.2. The number of nitrogens with zero attached hydrogens (tertiary/aromatic N) is 3. The molecule has 1 saturated heterocycles. The summed E-state index contributed by atoms with van der Waals surface area (Å²) in [5.74, 6) is 0.596. The number of carbonyl (C=O) groups is 1. The van der Waals surface area contributed by atoms with E-state index in [-0.39, 0.29) is 6.04 Å². The fourth-order valence-electron chi connectivity index (χ4n) is 2.32. The smallest absolute Gasteiger partial charge is 0.225 e. The molecule has 1 aliphatic heterocycles. The summed E-state index contributed by atoms with van der Waals surface area (Å²) >= 11 is 5.83.